The number of carboxylic acid groups (broad SMARTS) is 1. The quantitative estimate of drug-likeness (QED) is 0.0334. The predicted octanol–water partition coefficient (Wildman–Crippen LogP) is 2.04. The molecule has 0 bridgehead atoms. The Kier molecular flexibility index (Phi) is 31.1. The van der Waals surface area contributed by atoms with Gasteiger partial charge in [0.2, 0.25) is 11.8 Å². The van der Waals surface area contributed by atoms with Gasteiger partial charge in [0, 0.05) is 118 Å². The number of carbonyl (C=O) groups excluding carboxylic acids is 7. The summed E-state index contributed by atoms with van der Waals surface area (Å²) in [6, 6.07) is 4.82. The number of hydrogen-bond acceptors (Lipinski definition) is 16. The fourth-order valence-electron chi connectivity index (χ4n) is 9.17. The van der Waals surface area contributed by atoms with Crippen molar-refractivity contribution in [2.75, 3.05) is 131 Å². The van der Waals surface area contributed by atoms with Crippen LogP contribution < -0.4 is 42.5 Å². The van der Waals surface area contributed by atoms with E-state index in [-0.39, 0.29) is 90.8 Å². The first-order chi connectivity index (χ1) is 38.4. The van der Waals surface area contributed by atoms with E-state index in [4.69, 9.17) is 33.5 Å². The number of unbranched alkanes of at least 4 members (excludes halogenated alkanes) is 2. The van der Waals surface area contributed by atoms with Crippen LogP contribution in [0, 0.1) is 0 Å². The van der Waals surface area contributed by atoms with E-state index in [1.54, 1.807) is 0 Å². The lowest BCUT2D eigenvalue weighted by atomic mass is 10.0. The van der Waals surface area contributed by atoms with Crippen molar-refractivity contribution in [3.8, 4) is 0 Å². The second-order valence-corrected chi connectivity index (χ2v) is 22.2. The van der Waals surface area contributed by atoms with Crippen LogP contribution in [0.15, 0.2) is 18.2 Å². The van der Waals surface area contributed by atoms with Gasteiger partial charge >= 0.3 is 18.0 Å². The van der Waals surface area contributed by atoms with Gasteiger partial charge in [-0.2, -0.15) is 23.5 Å². The average Bonchev–Trinajstić information content (AvgIpc) is 4.22. The number of fused-ring (bicyclic) bond motifs is 2. The highest BCUT2D eigenvalue weighted by atomic mass is 32.2. The van der Waals surface area contributed by atoms with Crippen LogP contribution in [0.5, 0.6) is 0 Å². The van der Waals surface area contributed by atoms with Crippen molar-refractivity contribution in [1.82, 2.24) is 47.4 Å². The predicted molar refractivity (Wildman–Crippen MR) is 298 cm³/mol. The lowest BCUT2D eigenvalue weighted by Gasteiger charge is -2.17. The molecule has 4 heterocycles. The third kappa shape index (κ3) is 25.6. The molecule has 4 saturated heterocycles. The SMILES string of the molecule is CN(CCC(=O)O)C(=O)c1cc(C(=O)NCCCOCCOCCOCCCNC(=O)CCCCC2SCC3NC(=O)NC32)cc(C(=O)NCCCOCCOCCOCCCNC(=O)CCCCC2SCC3NC(=O)NC32)c1. The van der Waals surface area contributed by atoms with Gasteiger partial charge in [-0.25, -0.2) is 9.59 Å². The van der Waals surface area contributed by atoms with Crippen LogP contribution in [-0.2, 0) is 42.8 Å². The van der Waals surface area contributed by atoms with Gasteiger partial charge in [-0.05, 0) is 69.6 Å². The van der Waals surface area contributed by atoms with E-state index >= 15 is 0 Å². The highest BCUT2D eigenvalue weighted by Gasteiger charge is 2.43. The third-order valence-electron chi connectivity index (χ3n) is 13.4. The van der Waals surface area contributed by atoms with Gasteiger partial charge in [-0.1, -0.05) is 12.8 Å². The Bertz CT molecular complexity index is 1960. The summed E-state index contributed by atoms with van der Waals surface area (Å²) in [6.45, 7) is 6.30. The number of carbonyl (C=O) groups is 8. The van der Waals surface area contributed by atoms with Crippen molar-refractivity contribution in [3.63, 3.8) is 0 Å². The molecule has 79 heavy (non-hydrogen) atoms. The molecule has 6 unspecified atom stereocenters. The normalized spacial score (nSPS) is 19.9. The van der Waals surface area contributed by atoms with Gasteiger partial charge in [0.25, 0.3) is 17.7 Å². The Hall–Kier alpha value is -4.96. The molecule has 1 aromatic rings. The fourth-order valence-corrected chi connectivity index (χ4v) is 12.3. The van der Waals surface area contributed by atoms with Crippen LogP contribution in [0.4, 0.5) is 9.59 Å². The monoisotopic (exact) mass is 1150 g/mol. The molecule has 6 atom stereocenters. The van der Waals surface area contributed by atoms with Gasteiger partial charge in [0.05, 0.1) is 83.4 Å². The summed E-state index contributed by atoms with van der Waals surface area (Å²) in [4.78, 5) is 99.6. The van der Waals surface area contributed by atoms with Gasteiger partial charge in [-0.15, -0.1) is 0 Å². The number of aliphatic carboxylic acids is 1. The molecule has 0 aromatic heterocycles. The Labute approximate surface area is 472 Å². The molecular formula is C53H85N9O15S2. The lowest BCUT2D eigenvalue weighted by Crippen LogP contribution is -2.36. The highest BCUT2D eigenvalue weighted by Crippen LogP contribution is 2.34. The van der Waals surface area contributed by atoms with Crippen LogP contribution in [-0.4, -0.2) is 223 Å². The topological polar surface area (TPSA) is 312 Å². The minimum atomic E-state index is -1.07. The number of urea groups is 2. The van der Waals surface area contributed by atoms with E-state index in [0.29, 0.717) is 141 Å². The summed E-state index contributed by atoms with van der Waals surface area (Å²) >= 11 is 3.77. The standard InChI is InChI=1S/C53H85N9O15S2/c1-62(19-14-46(65)66)51(69)39-33-37(49(67)56-17-8-22-74-26-30-76-28-24-72-20-6-15-54-44(63)12-4-2-10-42-47-40(35-78-42)58-52(70)60-47)32-38(34-39)50(68)57-18-9-23-75-27-31-77-29-25-73-21-7-16-55-45(64)13-5-3-11-43-48-41(36-79-43)59-53(71)61-48/h32-34,40-43,47-48H,2-31,35-36H2,1H3,(H,54,63)(H,55,64)(H,56,67)(H,57,68)(H,65,66)(H2,58,60,70)(H2,59,61,71). The number of nitrogens with zero attached hydrogens (tertiary/aromatic N) is 1. The van der Waals surface area contributed by atoms with Gasteiger partial charge in [0.15, 0.2) is 0 Å². The summed E-state index contributed by atoms with van der Waals surface area (Å²) < 4.78 is 33.6. The maximum Gasteiger partial charge on any atom is 0.315 e. The Balaban J connectivity index is 0.824. The zero-order valence-corrected chi connectivity index (χ0v) is 47.4. The maximum atomic E-state index is 13.3. The van der Waals surface area contributed by atoms with E-state index in [1.165, 1.54) is 30.1 Å². The average molecular weight is 1150 g/mol. The summed E-state index contributed by atoms with van der Waals surface area (Å²) in [6.07, 6.45) is 8.57. The molecule has 9 N–H and O–H groups in total. The van der Waals surface area contributed by atoms with Gasteiger partial charge in [0.1, 0.15) is 0 Å². The number of rotatable bonds is 44. The Morgan fingerprint density at radius 3 is 1.27 bits per heavy atom. The highest BCUT2D eigenvalue weighted by molar-refractivity contribution is 8.00. The van der Waals surface area contributed by atoms with E-state index in [1.807, 2.05) is 23.5 Å². The van der Waals surface area contributed by atoms with E-state index in [2.05, 4.69) is 42.5 Å². The summed E-state index contributed by atoms with van der Waals surface area (Å²) in [7, 11) is 1.45. The molecule has 4 fully saturated rings. The zero-order chi connectivity index (χ0) is 56.5. The summed E-state index contributed by atoms with van der Waals surface area (Å²) in [5, 5.41) is 33.3. The molecule has 0 spiro atoms. The largest absolute Gasteiger partial charge is 0.481 e. The molecule has 0 radical (unpaired) electrons. The van der Waals surface area contributed by atoms with E-state index in [9.17, 15) is 38.4 Å². The molecule has 0 saturated carbocycles. The Morgan fingerprint density at radius 2 is 0.873 bits per heavy atom. The molecule has 5 rings (SSSR count). The lowest BCUT2D eigenvalue weighted by molar-refractivity contribution is -0.137. The molecule has 0 aliphatic carbocycles. The first-order valence-electron chi connectivity index (χ1n) is 27.9. The van der Waals surface area contributed by atoms with E-state index in [0.717, 1.165) is 50.0 Å². The molecule has 4 aliphatic rings. The second-order valence-electron chi connectivity index (χ2n) is 19.7. The van der Waals surface area contributed by atoms with Crippen molar-refractivity contribution in [2.24, 2.45) is 0 Å². The maximum absolute atomic E-state index is 13.3. The van der Waals surface area contributed by atoms with Crippen molar-refractivity contribution in [2.45, 2.75) is 118 Å². The number of ether oxygens (including phenoxy) is 6. The minimum Gasteiger partial charge on any atom is -0.481 e. The molecular weight excluding hydrogens is 1070 g/mol. The smallest absolute Gasteiger partial charge is 0.315 e. The molecule has 24 nitrogen and oxygen atoms in total. The molecule has 1 aromatic carbocycles. The van der Waals surface area contributed by atoms with E-state index < -0.39 is 23.7 Å². The Morgan fingerprint density at radius 1 is 0.506 bits per heavy atom. The molecule has 444 valence electrons. The molecule has 26 heteroatoms. The minimum absolute atomic E-state index is 0.0346. The van der Waals surface area contributed by atoms with Crippen LogP contribution in [0.3, 0.4) is 0 Å². The first-order valence-corrected chi connectivity index (χ1v) is 30.0. The van der Waals surface area contributed by atoms with Crippen LogP contribution in [0.2, 0.25) is 0 Å². The van der Waals surface area contributed by atoms with Crippen LogP contribution in [0.1, 0.15) is 115 Å². The number of thioether (sulfide) groups is 2. The van der Waals surface area contributed by atoms with Crippen molar-refractivity contribution >= 4 is 71.1 Å². The fraction of sp³-hybridized carbons (Fsp3) is 0.736. The first kappa shape index (κ1) is 64.9. The summed E-state index contributed by atoms with van der Waals surface area (Å²) in [5.41, 5.74) is 0.250. The van der Waals surface area contributed by atoms with Crippen LogP contribution in [0.25, 0.3) is 0 Å². The van der Waals surface area contributed by atoms with Gasteiger partial charge < -0.3 is 81.0 Å². The summed E-state index contributed by atoms with van der Waals surface area (Å²) in [5.74, 6) is -0.661. The van der Waals surface area contributed by atoms with Crippen molar-refractivity contribution in [1.29, 1.82) is 0 Å². The molecule has 9 amide bonds. The molecule has 4 aliphatic heterocycles. The number of benzene rings is 1. The number of hydrogen-bond donors (Lipinski definition) is 9. The number of carboxylic acids is 1. The van der Waals surface area contributed by atoms with Gasteiger partial charge in [-0.3, -0.25) is 28.8 Å². The van der Waals surface area contributed by atoms with Crippen LogP contribution >= 0.6 is 23.5 Å². The second kappa shape index (κ2) is 37.9. The van der Waals surface area contributed by atoms with Crippen molar-refractivity contribution in [3.05, 3.63) is 34.9 Å². The number of amides is 9. The van der Waals surface area contributed by atoms with Crippen molar-refractivity contribution < 1.29 is 71.9 Å². The third-order valence-corrected chi connectivity index (χ3v) is 16.5. The number of nitrogens with one attached hydrogen (secondary N) is 8. The zero-order valence-electron chi connectivity index (χ0n) is 45.7.